The first kappa shape index (κ1) is 19.9. The van der Waals surface area contributed by atoms with Gasteiger partial charge in [0.05, 0.1) is 18.4 Å². The van der Waals surface area contributed by atoms with Crippen LogP contribution in [0.1, 0.15) is 16.1 Å². The summed E-state index contributed by atoms with van der Waals surface area (Å²) in [6.45, 7) is 3.80. The van der Waals surface area contributed by atoms with E-state index in [9.17, 15) is 4.79 Å². The van der Waals surface area contributed by atoms with Gasteiger partial charge in [0.1, 0.15) is 10.8 Å². The molecule has 0 radical (unpaired) electrons. The van der Waals surface area contributed by atoms with Crippen LogP contribution in [0, 0.1) is 0 Å². The van der Waals surface area contributed by atoms with Crippen LogP contribution in [0.3, 0.4) is 0 Å². The highest BCUT2D eigenvalue weighted by atomic mass is 35.5. The molecule has 0 bridgehead atoms. The number of hydrogen-bond donors (Lipinski definition) is 0. The molecule has 3 aromatic rings. The summed E-state index contributed by atoms with van der Waals surface area (Å²) in [6, 6.07) is 15.4. The number of carbonyl (C=O) groups is 1. The van der Waals surface area contributed by atoms with Crippen molar-refractivity contribution < 1.29 is 9.53 Å². The third-order valence-corrected chi connectivity index (χ3v) is 6.19. The van der Waals surface area contributed by atoms with Crippen molar-refractivity contribution in [3.63, 3.8) is 0 Å². The van der Waals surface area contributed by atoms with Crippen LogP contribution in [-0.4, -0.2) is 54.0 Å². The minimum absolute atomic E-state index is 0.0156. The summed E-state index contributed by atoms with van der Waals surface area (Å²) in [4.78, 5) is 21.9. The standard InChI is InChI=1S/C22H22ClN3O2S/c1-28-20-13-17(23)7-8-19(20)22(27)26-11-9-25(10-12-26)14-18-15-29-21(24-18)16-5-3-2-4-6-16/h2-8,13,15H,9-12,14H2,1H3. The number of piperazine rings is 1. The molecule has 0 saturated carbocycles. The highest BCUT2D eigenvalue weighted by Gasteiger charge is 2.24. The molecule has 150 valence electrons. The Hall–Kier alpha value is -2.41. The maximum atomic E-state index is 12.9. The summed E-state index contributed by atoms with van der Waals surface area (Å²) < 4.78 is 5.33. The molecule has 0 unspecified atom stereocenters. The molecule has 1 aliphatic rings. The van der Waals surface area contributed by atoms with E-state index >= 15 is 0 Å². The zero-order chi connectivity index (χ0) is 20.2. The lowest BCUT2D eigenvalue weighted by Gasteiger charge is -2.34. The van der Waals surface area contributed by atoms with Gasteiger partial charge in [-0.1, -0.05) is 41.9 Å². The van der Waals surface area contributed by atoms with Gasteiger partial charge in [-0.2, -0.15) is 0 Å². The molecule has 2 heterocycles. The van der Waals surface area contributed by atoms with E-state index in [1.165, 1.54) is 0 Å². The molecule has 2 aromatic carbocycles. The molecule has 0 N–H and O–H groups in total. The minimum atomic E-state index is -0.0156. The molecule has 0 aliphatic carbocycles. The van der Waals surface area contributed by atoms with E-state index in [0.29, 0.717) is 29.4 Å². The van der Waals surface area contributed by atoms with Crippen LogP contribution in [0.15, 0.2) is 53.9 Å². The number of methoxy groups -OCH3 is 1. The van der Waals surface area contributed by atoms with Gasteiger partial charge in [-0.3, -0.25) is 9.69 Å². The van der Waals surface area contributed by atoms with Crippen LogP contribution >= 0.6 is 22.9 Å². The van der Waals surface area contributed by atoms with Crippen LogP contribution in [0.5, 0.6) is 5.75 Å². The fraction of sp³-hybridized carbons (Fsp3) is 0.273. The van der Waals surface area contributed by atoms with Crippen molar-refractivity contribution in [2.45, 2.75) is 6.54 Å². The number of rotatable bonds is 5. The zero-order valence-electron chi connectivity index (χ0n) is 16.2. The fourth-order valence-corrected chi connectivity index (χ4v) is 4.42. The highest BCUT2D eigenvalue weighted by Crippen LogP contribution is 2.26. The highest BCUT2D eigenvalue weighted by molar-refractivity contribution is 7.13. The summed E-state index contributed by atoms with van der Waals surface area (Å²) in [5, 5.41) is 3.73. The van der Waals surface area contributed by atoms with E-state index in [4.69, 9.17) is 21.3 Å². The summed E-state index contributed by atoms with van der Waals surface area (Å²) in [6.07, 6.45) is 0. The Morgan fingerprint density at radius 3 is 2.62 bits per heavy atom. The number of nitrogens with zero attached hydrogens (tertiary/aromatic N) is 3. The van der Waals surface area contributed by atoms with Crippen molar-refractivity contribution >= 4 is 28.8 Å². The second-order valence-electron chi connectivity index (χ2n) is 6.92. The predicted molar refractivity (Wildman–Crippen MR) is 117 cm³/mol. The van der Waals surface area contributed by atoms with Crippen molar-refractivity contribution in [3.8, 4) is 16.3 Å². The van der Waals surface area contributed by atoms with Crippen LogP contribution in [0.25, 0.3) is 10.6 Å². The van der Waals surface area contributed by atoms with Gasteiger partial charge in [-0.05, 0) is 18.2 Å². The predicted octanol–water partition coefficient (Wildman–Crippen LogP) is 4.43. The number of halogens is 1. The van der Waals surface area contributed by atoms with Crippen molar-refractivity contribution in [1.82, 2.24) is 14.8 Å². The summed E-state index contributed by atoms with van der Waals surface area (Å²) in [7, 11) is 1.55. The maximum Gasteiger partial charge on any atom is 0.257 e. The molecule has 5 nitrogen and oxygen atoms in total. The Kier molecular flexibility index (Phi) is 6.13. The van der Waals surface area contributed by atoms with Crippen molar-refractivity contribution in [3.05, 3.63) is 70.2 Å². The van der Waals surface area contributed by atoms with Crippen LogP contribution in [0.4, 0.5) is 0 Å². The molecule has 1 amide bonds. The van der Waals surface area contributed by atoms with Crippen LogP contribution in [0.2, 0.25) is 5.02 Å². The largest absolute Gasteiger partial charge is 0.496 e. The Bertz CT molecular complexity index is 985. The minimum Gasteiger partial charge on any atom is -0.496 e. The maximum absolute atomic E-state index is 12.9. The number of thiazole rings is 1. The Labute approximate surface area is 179 Å². The number of benzene rings is 2. The first-order valence-corrected chi connectivity index (χ1v) is 10.7. The molecule has 1 aliphatic heterocycles. The SMILES string of the molecule is COc1cc(Cl)ccc1C(=O)N1CCN(Cc2csc(-c3ccccc3)n2)CC1. The summed E-state index contributed by atoms with van der Waals surface area (Å²) in [5.41, 5.74) is 2.78. The molecule has 1 saturated heterocycles. The van der Waals surface area contributed by atoms with Crippen molar-refractivity contribution in [2.75, 3.05) is 33.3 Å². The summed E-state index contributed by atoms with van der Waals surface area (Å²) in [5.74, 6) is 0.499. The Morgan fingerprint density at radius 1 is 1.14 bits per heavy atom. The first-order valence-electron chi connectivity index (χ1n) is 9.49. The van der Waals surface area contributed by atoms with Gasteiger partial charge in [0.2, 0.25) is 0 Å². The number of carbonyl (C=O) groups excluding carboxylic acids is 1. The van der Waals surface area contributed by atoms with Gasteiger partial charge in [0, 0.05) is 48.7 Å². The van der Waals surface area contributed by atoms with Gasteiger partial charge in [-0.15, -0.1) is 11.3 Å². The van der Waals surface area contributed by atoms with E-state index in [2.05, 4.69) is 22.4 Å². The third kappa shape index (κ3) is 4.61. The van der Waals surface area contributed by atoms with Gasteiger partial charge >= 0.3 is 0 Å². The van der Waals surface area contributed by atoms with Crippen LogP contribution in [-0.2, 0) is 6.54 Å². The Morgan fingerprint density at radius 2 is 1.90 bits per heavy atom. The first-order chi connectivity index (χ1) is 14.1. The average molecular weight is 428 g/mol. The van der Waals surface area contributed by atoms with Crippen molar-refractivity contribution in [2.24, 2.45) is 0 Å². The van der Waals surface area contributed by atoms with Crippen molar-refractivity contribution in [1.29, 1.82) is 0 Å². The smallest absolute Gasteiger partial charge is 0.257 e. The molecule has 1 fully saturated rings. The monoisotopic (exact) mass is 427 g/mol. The lowest BCUT2D eigenvalue weighted by atomic mass is 10.1. The van der Waals surface area contributed by atoms with Gasteiger partial charge in [0.25, 0.3) is 5.91 Å². The molecule has 29 heavy (non-hydrogen) atoms. The number of aromatic nitrogens is 1. The average Bonchev–Trinajstić information content (AvgIpc) is 3.23. The quantitative estimate of drug-likeness (QED) is 0.604. The van der Waals surface area contributed by atoms with E-state index in [1.807, 2.05) is 23.1 Å². The lowest BCUT2D eigenvalue weighted by molar-refractivity contribution is 0.0624. The fourth-order valence-electron chi connectivity index (χ4n) is 3.44. The molecular formula is C22H22ClN3O2S. The third-order valence-electron chi connectivity index (χ3n) is 5.01. The van der Waals surface area contributed by atoms with E-state index < -0.39 is 0 Å². The number of ether oxygens (including phenoxy) is 1. The molecule has 7 heteroatoms. The second-order valence-corrected chi connectivity index (χ2v) is 8.22. The second kappa shape index (κ2) is 8.95. The van der Waals surface area contributed by atoms with Gasteiger partial charge in [0.15, 0.2) is 0 Å². The van der Waals surface area contributed by atoms with E-state index in [-0.39, 0.29) is 5.91 Å². The molecular weight excluding hydrogens is 406 g/mol. The van der Waals surface area contributed by atoms with Gasteiger partial charge < -0.3 is 9.64 Å². The van der Waals surface area contributed by atoms with Crippen LogP contribution < -0.4 is 4.74 Å². The normalized spacial score (nSPS) is 14.8. The van der Waals surface area contributed by atoms with E-state index in [0.717, 1.165) is 35.9 Å². The zero-order valence-corrected chi connectivity index (χ0v) is 17.7. The Balaban J connectivity index is 1.35. The number of amides is 1. The molecule has 4 rings (SSSR count). The van der Waals surface area contributed by atoms with Gasteiger partial charge in [-0.25, -0.2) is 4.98 Å². The molecule has 0 atom stereocenters. The summed E-state index contributed by atoms with van der Waals surface area (Å²) >= 11 is 7.68. The topological polar surface area (TPSA) is 45.7 Å². The molecule has 0 spiro atoms. The lowest BCUT2D eigenvalue weighted by Crippen LogP contribution is -2.48. The number of hydrogen-bond acceptors (Lipinski definition) is 5. The molecule has 1 aromatic heterocycles. The van der Waals surface area contributed by atoms with E-state index in [1.54, 1.807) is 36.6 Å².